The maximum Gasteiger partial charge on any atom is 0.227 e. The molecule has 2 unspecified atom stereocenters. The Kier molecular flexibility index (Phi) is 7.23. The van der Waals surface area contributed by atoms with E-state index < -0.39 is 0 Å². The zero-order chi connectivity index (χ0) is 22.8. The topological polar surface area (TPSA) is 62.1 Å². The van der Waals surface area contributed by atoms with Crippen LogP contribution in [0.15, 0.2) is 35.1 Å². The van der Waals surface area contributed by atoms with Gasteiger partial charge in [-0.1, -0.05) is 34.4 Å². The minimum atomic E-state index is 0.109. The third-order valence-corrected chi connectivity index (χ3v) is 7.98. The van der Waals surface area contributed by atoms with Crippen LogP contribution < -0.4 is 0 Å². The number of fused-ring (bicyclic) bond motifs is 1. The number of piperazine rings is 1. The number of aromatic nitrogens is 1. The van der Waals surface area contributed by atoms with Crippen LogP contribution in [0.3, 0.4) is 0 Å². The lowest BCUT2D eigenvalue weighted by Crippen LogP contribution is -2.71. The van der Waals surface area contributed by atoms with Gasteiger partial charge in [-0.25, -0.2) is 0 Å². The van der Waals surface area contributed by atoms with E-state index in [2.05, 4.69) is 19.9 Å². The molecular formula is C24H30Cl2N4O3. The summed E-state index contributed by atoms with van der Waals surface area (Å²) in [6.45, 7) is 5.88. The van der Waals surface area contributed by atoms with E-state index in [0.717, 1.165) is 43.9 Å². The molecule has 4 heterocycles. The predicted molar refractivity (Wildman–Crippen MR) is 127 cm³/mol. The molecule has 2 aromatic rings. The SMILES string of the molecule is O=C(Cc1ccc(Cl)c(Cl)c1)N1CCN(CCc2ccon2)C2COCC(N3CCCC3)[C@H]21. The molecule has 0 bridgehead atoms. The van der Waals surface area contributed by atoms with Crippen molar-refractivity contribution in [2.24, 2.45) is 0 Å². The van der Waals surface area contributed by atoms with Crippen LogP contribution in [0, 0.1) is 0 Å². The van der Waals surface area contributed by atoms with Gasteiger partial charge in [-0.2, -0.15) is 0 Å². The molecule has 0 spiro atoms. The van der Waals surface area contributed by atoms with Crippen molar-refractivity contribution in [3.63, 3.8) is 0 Å². The smallest absolute Gasteiger partial charge is 0.227 e. The number of carbonyl (C=O) groups excluding carboxylic acids is 1. The molecule has 1 amide bonds. The van der Waals surface area contributed by atoms with Gasteiger partial charge in [0.15, 0.2) is 0 Å². The number of benzene rings is 1. The minimum Gasteiger partial charge on any atom is -0.378 e. The fraction of sp³-hybridized carbons (Fsp3) is 0.583. The van der Waals surface area contributed by atoms with E-state index in [1.165, 1.54) is 12.8 Å². The normalized spacial score (nSPS) is 26.5. The fourth-order valence-corrected chi connectivity index (χ4v) is 5.89. The van der Waals surface area contributed by atoms with Crippen molar-refractivity contribution in [3.05, 3.63) is 51.8 Å². The molecule has 0 radical (unpaired) electrons. The average molecular weight is 493 g/mol. The summed E-state index contributed by atoms with van der Waals surface area (Å²) in [6.07, 6.45) is 5.19. The lowest BCUT2D eigenvalue weighted by atomic mass is 9.90. The first-order chi connectivity index (χ1) is 16.1. The molecular weight excluding hydrogens is 463 g/mol. The van der Waals surface area contributed by atoms with Crippen LogP contribution in [0.25, 0.3) is 0 Å². The molecule has 1 aromatic heterocycles. The lowest BCUT2D eigenvalue weighted by molar-refractivity contribution is -0.152. The quantitative estimate of drug-likeness (QED) is 0.617. The van der Waals surface area contributed by atoms with Crippen molar-refractivity contribution in [3.8, 4) is 0 Å². The molecule has 3 aliphatic rings. The van der Waals surface area contributed by atoms with E-state index in [4.69, 9.17) is 32.5 Å². The van der Waals surface area contributed by atoms with E-state index in [-0.39, 0.29) is 24.0 Å². The number of ether oxygens (including phenoxy) is 1. The van der Waals surface area contributed by atoms with E-state index in [1.807, 2.05) is 12.1 Å². The predicted octanol–water partition coefficient (Wildman–Crippen LogP) is 3.14. The van der Waals surface area contributed by atoms with Gasteiger partial charge in [0.05, 0.1) is 53.5 Å². The molecule has 0 saturated carbocycles. The van der Waals surface area contributed by atoms with Crippen LogP contribution >= 0.6 is 23.2 Å². The van der Waals surface area contributed by atoms with Crippen LogP contribution in [0.5, 0.6) is 0 Å². The van der Waals surface area contributed by atoms with Gasteiger partial charge >= 0.3 is 0 Å². The first-order valence-electron chi connectivity index (χ1n) is 11.8. The Hall–Kier alpha value is -1.64. The number of rotatable bonds is 6. The number of halogens is 2. The van der Waals surface area contributed by atoms with Crippen molar-refractivity contribution in [2.45, 2.75) is 43.8 Å². The Labute approximate surface area is 204 Å². The van der Waals surface area contributed by atoms with Crippen LogP contribution in [-0.4, -0.2) is 89.8 Å². The summed E-state index contributed by atoms with van der Waals surface area (Å²) in [4.78, 5) is 20.7. The van der Waals surface area contributed by atoms with Crippen LogP contribution in [-0.2, 0) is 22.4 Å². The second-order valence-electron chi connectivity index (χ2n) is 9.19. The zero-order valence-corrected chi connectivity index (χ0v) is 20.2. The lowest BCUT2D eigenvalue weighted by Gasteiger charge is -2.54. The number of hydrogen-bond acceptors (Lipinski definition) is 6. The maximum atomic E-state index is 13.6. The highest BCUT2D eigenvalue weighted by molar-refractivity contribution is 6.42. The van der Waals surface area contributed by atoms with E-state index >= 15 is 0 Å². The number of likely N-dealkylation sites (tertiary alicyclic amines) is 1. The summed E-state index contributed by atoms with van der Waals surface area (Å²) in [6, 6.07) is 7.87. The molecule has 178 valence electrons. The molecule has 5 rings (SSSR count). The Morgan fingerprint density at radius 2 is 1.85 bits per heavy atom. The van der Waals surface area contributed by atoms with Gasteiger partial charge in [0, 0.05) is 32.1 Å². The van der Waals surface area contributed by atoms with Gasteiger partial charge in [0.25, 0.3) is 0 Å². The molecule has 33 heavy (non-hydrogen) atoms. The van der Waals surface area contributed by atoms with Crippen molar-refractivity contribution >= 4 is 29.1 Å². The number of nitrogens with zero attached hydrogens (tertiary/aromatic N) is 4. The van der Waals surface area contributed by atoms with E-state index in [9.17, 15) is 4.79 Å². The molecule has 9 heteroatoms. The van der Waals surface area contributed by atoms with Gasteiger partial charge in [-0.3, -0.25) is 14.6 Å². The third kappa shape index (κ3) is 5.08. The Balaban J connectivity index is 1.36. The van der Waals surface area contributed by atoms with E-state index in [0.29, 0.717) is 36.2 Å². The van der Waals surface area contributed by atoms with Crippen molar-refractivity contribution in [1.82, 2.24) is 19.9 Å². The summed E-state index contributed by atoms with van der Waals surface area (Å²) in [7, 11) is 0. The van der Waals surface area contributed by atoms with Crippen LogP contribution in [0.4, 0.5) is 0 Å². The van der Waals surface area contributed by atoms with Gasteiger partial charge in [0.2, 0.25) is 5.91 Å². The summed E-state index contributed by atoms with van der Waals surface area (Å²) in [5.41, 5.74) is 1.85. The highest BCUT2D eigenvalue weighted by Gasteiger charge is 2.47. The molecule has 0 N–H and O–H groups in total. The van der Waals surface area contributed by atoms with Gasteiger partial charge in [0.1, 0.15) is 6.26 Å². The third-order valence-electron chi connectivity index (χ3n) is 7.24. The summed E-state index contributed by atoms with van der Waals surface area (Å²) in [5, 5.41) is 5.05. The minimum absolute atomic E-state index is 0.109. The number of hydrogen-bond donors (Lipinski definition) is 0. The van der Waals surface area contributed by atoms with Gasteiger partial charge < -0.3 is 14.2 Å². The first kappa shape index (κ1) is 23.1. The second-order valence-corrected chi connectivity index (χ2v) is 10.0. The van der Waals surface area contributed by atoms with Crippen molar-refractivity contribution in [2.75, 3.05) is 45.9 Å². The highest BCUT2D eigenvalue weighted by atomic mass is 35.5. The molecule has 1 aromatic carbocycles. The summed E-state index contributed by atoms with van der Waals surface area (Å²) in [5.74, 6) is 0.144. The molecule has 3 atom stereocenters. The molecule has 3 saturated heterocycles. The summed E-state index contributed by atoms with van der Waals surface area (Å²) < 4.78 is 11.1. The highest BCUT2D eigenvalue weighted by Crippen LogP contribution is 2.30. The zero-order valence-electron chi connectivity index (χ0n) is 18.7. The average Bonchev–Trinajstić information content (AvgIpc) is 3.54. The number of amides is 1. The Bertz CT molecular complexity index is 951. The Morgan fingerprint density at radius 1 is 1.03 bits per heavy atom. The fourth-order valence-electron chi connectivity index (χ4n) is 5.56. The maximum absolute atomic E-state index is 13.6. The number of carbonyl (C=O) groups is 1. The van der Waals surface area contributed by atoms with Crippen LogP contribution in [0.1, 0.15) is 24.1 Å². The largest absolute Gasteiger partial charge is 0.378 e. The van der Waals surface area contributed by atoms with Gasteiger partial charge in [-0.15, -0.1) is 0 Å². The molecule has 3 aliphatic heterocycles. The molecule has 7 nitrogen and oxygen atoms in total. The van der Waals surface area contributed by atoms with Crippen LogP contribution in [0.2, 0.25) is 10.0 Å². The van der Waals surface area contributed by atoms with Gasteiger partial charge in [-0.05, 0) is 43.6 Å². The standard InChI is InChI=1S/C24H30Cl2N4O3/c25-19-4-3-17(13-20(19)26)14-23(31)30-11-10-29(9-5-18-6-12-33-27-18)22-16-32-15-21(24(22)30)28-7-1-2-8-28/h3-4,6,12-13,21-22,24H,1-2,5,7-11,14-16H2/t21?,22?,24-/m1/s1. The molecule has 3 fully saturated rings. The van der Waals surface area contributed by atoms with Crippen molar-refractivity contribution < 1.29 is 14.1 Å². The first-order valence-corrected chi connectivity index (χ1v) is 12.5. The van der Waals surface area contributed by atoms with E-state index in [1.54, 1.807) is 18.4 Å². The Morgan fingerprint density at radius 3 is 2.61 bits per heavy atom. The monoisotopic (exact) mass is 492 g/mol. The summed E-state index contributed by atoms with van der Waals surface area (Å²) >= 11 is 12.3. The second kappa shape index (κ2) is 10.3. The van der Waals surface area contributed by atoms with Crippen molar-refractivity contribution in [1.29, 1.82) is 0 Å². The molecule has 0 aliphatic carbocycles.